The maximum Gasteiger partial charge on any atom is 0.325 e. The standard InChI is InChI=1S/C23H28N2O5/c1-3-8-20(17-9-6-5-7-10-17)25-21(26)16-30-22(27)15-24-23(28)18-11-13-19(14-12-18)29-4-2/h5-7,9-14,20H,3-4,8,15-16H2,1-2H3,(H,24,28)(H,25,26)/t20-/m0/s1. The average molecular weight is 412 g/mol. The monoisotopic (exact) mass is 412 g/mol. The molecule has 0 aliphatic rings. The molecule has 0 aliphatic carbocycles. The Kier molecular flexibility index (Phi) is 9.37. The van der Waals surface area contributed by atoms with Crippen LogP contribution in [0.15, 0.2) is 54.6 Å². The largest absolute Gasteiger partial charge is 0.494 e. The van der Waals surface area contributed by atoms with Gasteiger partial charge in [0.1, 0.15) is 12.3 Å². The molecule has 1 atom stereocenters. The van der Waals surface area contributed by atoms with E-state index in [9.17, 15) is 14.4 Å². The summed E-state index contributed by atoms with van der Waals surface area (Å²) >= 11 is 0. The summed E-state index contributed by atoms with van der Waals surface area (Å²) < 4.78 is 10.3. The molecule has 30 heavy (non-hydrogen) atoms. The Labute approximate surface area is 176 Å². The predicted molar refractivity (Wildman–Crippen MR) is 113 cm³/mol. The van der Waals surface area contributed by atoms with Gasteiger partial charge in [0.05, 0.1) is 12.6 Å². The van der Waals surface area contributed by atoms with Crippen molar-refractivity contribution in [1.29, 1.82) is 0 Å². The van der Waals surface area contributed by atoms with Crippen LogP contribution in [0.5, 0.6) is 5.75 Å². The molecule has 0 spiro atoms. The van der Waals surface area contributed by atoms with Crippen molar-refractivity contribution in [1.82, 2.24) is 10.6 Å². The number of hydrogen-bond donors (Lipinski definition) is 2. The maximum atomic E-state index is 12.2. The number of esters is 1. The van der Waals surface area contributed by atoms with E-state index in [1.165, 1.54) is 0 Å². The van der Waals surface area contributed by atoms with E-state index in [1.807, 2.05) is 44.2 Å². The Hall–Kier alpha value is -3.35. The Balaban J connectivity index is 1.75. The maximum absolute atomic E-state index is 12.2. The van der Waals surface area contributed by atoms with Crippen molar-refractivity contribution in [2.24, 2.45) is 0 Å². The molecule has 7 nitrogen and oxygen atoms in total. The molecule has 2 rings (SSSR count). The van der Waals surface area contributed by atoms with Crippen LogP contribution in [0.2, 0.25) is 0 Å². The highest BCUT2D eigenvalue weighted by Crippen LogP contribution is 2.17. The van der Waals surface area contributed by atoms with Crippen molar-refractivity contribution in [3.8, 4) is 5.75 Å². The summed E-state index contributed by atoms with van der Waals surface area (Å²) in [6, 6.07) is 16.1. The van der Waals surface area contributed by atoms with E-state index in [1.54, 1.807) is 24.3 Å². The topological polar surface area (TPSA) is 93.7 Å². The summed E-state index contributed by atoms with van der Waals surface area (Å²) in [6.07, 6.45) is 1.68. The number of carbonyl (C=O) groups is 3. The first-order chi connectivity index (χ1) is 14.5. The fraction of sp³-hybridized carbons (Fsp3) is 0.348. The number of rotatable bonds is 11. The van der Waals surface area contributed by atoms with Gasteiger partial charge >= 0.3 is 5.97 Å². The molecule has 0 unspecified atom stereocenters. The number of hydrogen-bond acceptors (Lipinski definition) is 5. The molecule has 160 valence electrons. The van der Waals surface area contributed by atoms with Crippen LogP contribution in [-0.2, 0) is 14.3 Å². The van der Waals surface area contributed by atoms with E-state index < -0.39 is 18.5 Å². The summed E-state index contributed by atoms with van der Waals surface area (Å²) in [5, 5.41) is 5.36. The van der Waals surface area contributed by atoms with Crippen LogP contribution < -0.4 is 15.4 Å². The van der Waals surface area contributed by atoms with Crippen molar-refractivity contribution in [3.05, 3.63) is 65.7 Å². The first-order valence-corrected chi connectivity index (χ1v) is 10.0. The Morgan fingerprint density at radius 2 is 1.67 bits per heavy atom. The van der Waals surface area contributed by atoms with Gasteiger partial charge in [-0.25, -0.2) is 0 Å². The normalized spacial score (nSPS) is 11.3. The minimum absolute atomic E-state index is 0.137. The zero-order valence-electron chi connectivity index (χ0n) is 17.4. The van der Waals surface area contributed by atoms with Crippen molar-refractivity contribution in [2.75, 3.05) is 19.8 Å². The minimum Gasteiger partial charge on any atom is -0.494 e. The molecule has 2 aromatic rings. The van der Waals surface area contributed by atoms with Crippen LogP contribution in [0.1, 0.15) is 48.7 Å². The van der Waals surface area contributed by atoms with Gasteiger partial charge in [0.15, 0.2) is 6.61 Å². The summed E-state index contributed by atoms with van der Waals surface area (Å²) in [4.78, 5) is 36.1. The van der Waals surface area contributed by atoms with Gasteiger partial charge in [-0.05, 0) is 43.2 Å². The first kappa shape index (κ1) is 22.9. The highest BCUT2D eigenvalue weighted by atomic mass is 16.5. The zero-order chi connectivity index (χ0) is 21.8. The number of carbonyl (C=O) groups excluding carboxylic acids is 3. The van der Waals surface area contributed by atoms with Crippen LogP contribution in [0.3, 0.4) is 0 Å². The lowest BCUT2D eigenvalue weighted by molar-refractivity contribution is -0.147. The smallest absolute Gasteiger partial charge is 0.325 e. The van der Waals surface area contributed by atoms with E-state index in [2.05, 4.69) is 10.6 Å². The summed E-state index contributed by atoms with van der Waals surface area (Å²) in [5.41, 5.74) is 1.40. The van der Waals surface area contributed by atoms with E-state index in [-0.39, 0.29) is 18.5 Å². The summed E-state index contributed by atoms with van der Waals surface area (Å²) in [7, 11) is 0. The second kappa shape index (κ2) is 12.3. The predicted octanol–water partition coefficient (Wildman–Crippen LogP) is 3.02. The van der Waals surface area contributed by atoms with Gasteiger partial charge in [0.25, 0.3) is 11.8 Å². The molecule has 2 N–H and O–H groups in total. The van der Waals surface area contributed by atoms with Gasteiger partial charge in [-0.15, -0.1) is 0 Å². The molecule has 0 radical (unpaired) electrons. The lowest BCUT2D eigenvalue weighted by Gasteiger charge is -2.18. The third kappa shape index (κ3) is 7.58. The van der Waals surface area contributed by atoms with Crippen LogP contribution in [-0.4, -0.2) is 37.5 Å². The van der Waals surface area contributed by atoms with E-state index in [0.717, 1.165) is 18.4 Å². The van der Waals surface area contributed by atoms with E-state index in [0.29, 0.717) is 17.9 Å². The summed E-state index contributed by atoms with van der Waals surface area (Å²) in [6.45, 7) is 3.73. The number of ether oxygens (including phenoxy) is 2. The molecule has 2 amide bonds. The second-order valence-corrected chi connectivity index (χ2v) is 6.62. The molecular formula is C23H28N2O5. The van der Waals surface area contributed by atoms with Gasteiger partial charge in [-0.1, -0.05) is 43.7 Å². The van der Waals surface area contributed by atoms with Gasteiger partial charge in [-0.2, -0.15) is 0 Å². The first-order valence-electron chi connectivity index (χ1n) is 10.0. The van der Waals surface area contributed by atoms with Crippen LogP contribution >= 0.6 is 0 Å². The molecular weight excluding hydrogens is 384 g/mol. The number of amides is 2. The van der Waals surface area contributed by atoms with Crippen LogP contribution in [0.4, 0.5) is 0 Å². The van der Waals surface area contributed by atoms with Crippen LogP contribution in [0.25, 0.3) is 0 Å². The molecule has 0 saturated heterocycles. The molecule has 0 aromatic heterocycles. The second-order valence-electron chi connectivity index (χ2n) is 6.62. The third-order valence-electron chi connectivity index (χ3n) is 4.30. The Morgan fingerprint density at radius 1 is 0.967 bits per heavy atom. The van der Waals surface area contributed by atoms with Gasteiger partial charge in [0, 0.05) is 5.56 Å². The molecule has 0 aliphatic heterocycles. The van der Waals surface area contributed by atoms with Crippen molar-refractivity contribution >= 4 is 17.8 Å². The summed E-state index contributed by atoms with van der Waals surface area (Å²) in [5.74, 6) is -0.817. The van der Waals surface area contributed by atoms with Crippen LogP contribution in [0, 0.1) is 0 Å². The van der Waals surface area contributed by atoms with Gasteiger partial charge in [-0.3, -0.25) is 14.4 Å². The lowest BCUT2D eigenvalue weighted by Crippen LogP contribution is -2.35. The van der Waals surface area contributed by atoms with Gasteiger partial charge < -0.3 is 20.1 Å². The fourth-order valence-corrected chi connectivity index (χ4v) is 2.85. The fourth-order valence-electron chi connectivity index (χ4n) is 2.85. The molecule has 0 saturated carbocycles. The minimum atomic E-state index is -0.684. The highest BCUT2D eigenvalue weighted by molar-refractivity contribution is 5.96. The van der Waals surface area contributed by atoms with Crippen molar-refractivity contribution in [2.45, 2.75) is 32.7 Å². The third-order valence-corrected chi connectivity index (χ3v) is 4.30. The molecule has 7 heteroatoms. The van der Waals surface area contributed by atoms with E-state index in [4.69, 9.17) is 9.47 Å². The highest BCUT2D eigenvalue weighted by Gasteiger charge is 2.15. The number of nitrogens with one attached hydrogen (secondary N) is 2. The number of benzene rings is 2. The quantitative estimate of drug-likeness (QED) is 0.554. The van der Waals surface area contributed by atoms with Crippen molar-refractivity contribution < 1.29 is 23.9 Å². The Morgan fingerprint density at radius 3 is 2.30 bits per heavy atom. The Bertz CT molecular complexity index is 821. The SMILES string of the molecule is CCC[C@H](NC(=O)COC(=O)CNC(=O)c1ccc(OCC)cc1)c1ccccc1. The van der Waals surface area contributed by atoms with Crippen molar-refractivity contribution in [3.63, 3.8) is 0 Å². The molecule has 0 heterocycles. The molecule has 0 bridgehead atoms. The zero-order valence-corrected chi connectivity index (χ0v) is 17.4. The lowest BCUT2D eigenvalue weighted by atomic mass is 10.0. The molecule has 2 aromatic carbocycles. The molecule has 0 fully saturated rings. The van der Waals surface area contributed by atoms with E-state index >= 15 is 0 Å². The van der Waals surface area contributed by atoms with Gasteiger partial charge in [0.2, 0.25) is 0 Å². The average Bonchev–Trinajstić information content (AvgIpc) is 2.77.